The summed E-state index contributed by atoms with van der Waals surface area (Å²) < 4.78 is 13.0. The van der Waals surface area contributed by atoms with Gasteiger partial charge in [0.25, 0.3) is 0 Å². The molecule has 1 amide bonds. The maximum atomic E-state index is 13.0. The van der Waals surface area contributed by atoms with Crippen molar-refractivity contribution in [2.24, 2.45) is 0 Å². The topological polar surface area (TPSA) is 44.4 Å². The van der Waals surface area contributed by atoms with Crippen LogP contribution in [0.3, 0.4) is 0 Å². The maximum absolute atomic E-state index is 13.0. The molecule has 1 aromatic carbocycles. The van der Waals surface area contributed by atoms with Gasteiger partial charge in [-0.2, -0.15) is 0 Å². The van der Waals surface area contributed by atoms with E-state index in [9.17, 15) is 9.18 Å². The van der Waals surface area contributed by atoms with Crippen LogP contribution >= 0.6 is 0 Å². The van der Waals surface area contributed by atoms with Gasteiger partial charge in [0.05, 0.1) is 0 Å². The number of carbonyl (C=O) groups excluding carboxylic acids is 1. The Labute approximate surface area is 113 Å². The number of amides is 1. The lowest BCUT2D eigenvalue weighted by atomic mass is 10.2. The van der Waals surface area contributed by atoms with E-state index in [4.69, 9.17) is 0 Å². The van der Waals surface area contributed by atoms with E-state index in [-0.39, 0.29) is 11.7 Å². The van der Waals surface area contributed by atoms with Crippen molar-refractivity contribution in [2.45, 2.75) is 19.4 Å². The molecule has 0 unspecified atom stereocenters. The van der Waals surface area contributed by atoms with Gasteiger partial charge in [-0.3, -0.25) is 4.79 Å². The molecule has 0 saturated carbocycles. The van der Waals surface area contributed by atoms with Gasteiger partial charge >= 0.3 is 0 Å². The molecule has 1 aromatic rings. The van der Waals surface area contributed by atoms with E-state index in [1.54, 1.807) is 12.1 Å². The first-order valence-electron chi connectivity index (χ1n) is 6.64. The van der Waals surface area contributed by atoms with Gasteiger partial charge in [0.1, 0.15) is 5.82 Å². The fourth-order valence-corrected chi connectivity index (χ4v) is 2.26. The second kappa shape index (κ2) is 6.63. The molecule has 1 aliphatic heterocycles. The van der Waals surface area contributed by atoms with Gasteiger partial charge in [-0.15, -0.1) is 0 Å². The van der Waals surface area contributed by atoms with Crippen molar-refractivity contribution in [2.75, 3.05) is 31.5 Å². The Hall–Kier alpha value is -1.46. The summed E-state index contributed by atoms with van der Waals surface area (Å²) in [6.07, 6.45) is 0.434. The highest BCUT2D eigenvalue weighted by atomic mass is 19.1. The number of nitrogens with one attached hydrogen (secondary N) is 2. The molecule has 1 atom stereocenters. The third-order valence-corrected chi connectivity index (χ3v) is 3.22. The zero-order valence-corrected chi connectivity index (χ0v) is 11.2. The molecule has 4 nitrogen and oxygen atoms in total. The Morgan fingerprint density at radius 1 is 1.58 bits per heavy atom. The first kappa shape index (κ1) is 14.0. The Morgan fingerprint density at radius 3 is 3.16 bits per heavy atom. The van der Waals surface area contributed by atoms with Crippen molar-refractivity contribution in [3.8, 4) is 0 Å². The molecule has 2 N–H and O–H groups in total. The fourth-order valence-electron chi connectivity index (χ4n) is 2.26. The van der Waals surface area contributed by atoms with Gasteiger partial charge < -0.3 is 15.5 Å². The Balaban J connectivity index is 1.75. The molecule has 0 bridgehead atoms. The number of nitrogens with zero attached hydrogens (tertiary/aromatic N) is 1. The smallest absolute Gasteiger partial charge is 0.225 e. The molecule has 0 aliphatic carbocycles. The van der Waals surface area contributed by atoms with Crippen LogP contribution in [0.15, 0.2) is 24.3 Å². The summed E-state index contributed by atoms with van der Waals surface area (Å²) in [5, 5.41) is 6.07. The first-order chi connectivity index (χ1) is 9.13. The van der Waals surface area contributed by atoms with E-state index in [0.717, 1.165) is 26.2 Å². The second-order valence-corrected chi connectivity index (χ2v) is 4.96. The second-order valence-electron chi connectivity index (χ2n) is 4.96. The number of hydrogen-bond acceptors (Lipinski definition) is 3. The highest BCUT2D eigenvalue weighted by Gasteiger charge is 2.16. The van der Waals surface area contributed by atoms with E-state index in [1.165, 1.54) is 12.1 Å². The minimum absolute atomic E-state index is 0.0724. The van der Waals surface area contributed by atoms with E-state index in [2.05, 4.69) is 22.5 Å². The number of halogens is 1. The molecule has 5 heteroatoms. The standard InChI is InChI=1S/C14H20FN3O/c1-11-10-18(8-6-16-11)7-5-14(19)17-13-4-2-3-12(15)9-13/h2-4,9,11,16H,5-8,10H2,1H3,(H,17,19)/t11-/m1/s1. The SMILES string of the molecule is C[C@@H]1CN(CCC(=O)Nc2cccc(F)c2)CCN1. The Kier molecular flexibility index (Phi) is 4.87. The predicted molar refractivity (Wildman–Crippen MR) is 73.6 cm³/mol. The van der Waals surface area contributed by atoms with Crippen LogP contribution in [0, 0.1) is 5.82 Å². The summed E-state index contributed by atoms with van der Waals surface area (Å²) >= 11 is 0. The van der Waals surface area contributed by atoms with Gasteiger partial charge in [0.2, 0.25) is 5.91 Å². The van der Waals surface area contributed by atoms with Crippen molar-refractivity contribution in [1.82, 2.24) is 10.2 Å². The average molecular weight is 265 g/mol. The number of rotatable bonds is 4. The summed E-state index contributed by atoms with van der Waals surface area (Å²) in [5.41, 5.74) is 0.513. The molecule has 0 spiro atoms. The van der Waals surface area contributed by atoms with Crippen molar-refractivity contribution >= 4 is 11.6 Å². The molecule has 104 valence electrons. The monoisotopic (exact) mass is 265 g/mol. The van der Waals surface area contributed by atoms with Gasteiger partial charge in [0, 0.05) is 44.3 Å². The Morgan fingerprint density at radius 2 is 2.42 bits per heavy atom. The van der Waals surface area contributed by atoms with Crippen LogP contribution in [-0.2, 0) is 4.79 Å². The molecule has 19 heavy (non-hydrogen) atoms. The maximum Gasteiger partial charge on any atom is 0.225 e. The molecular weight excluding hydrogens is 245 g/mol. The molecule has 2 rings (SSSR count). The third-order valence-electron chi connectivity index (χ3n) is 3.22. The summed E-state index contributed by atoms with van der Waals surface area (Å²) in [5.74, 6) is -0.412. The van der Waals surface area contributed by atoms with Crippen LogP contribution in [-0.4, -0.2) is 43.0 Å². The van der Waals surface area contributed by atoms with Gasteiger partial charge in [0.15, 0.2) is 0 Å². The van der Waals surface area contributed by atoms with Crippen LogP contribution in [0.5, 0.6) is 0 Å². The molecule has 1 aliphatic rings. The first-order valence-corrected chi connectivity index (χ1v) is 6.64. The molecule has 0 radical (unpaired) electrons. The van der Waals surface area contributed by atoms with Gasteiger partial charge in [-0.25, -0.2) is 4.39 Å². The lowest BCUT2D eigenvalue weighted by Gasteiger charge is -2.31. The molecule has 1 saturated heterocycles. The summed E-state index contributed by atoms with van der Waals surface area (Å²) in [6.45, 7) is 5.78. The lowest BCUT2D eigenvalue weighted by molar-refractivity contribution is -0.116. The average Bonchev–Trinajstić information content (AvgIpc) is 2.36. The minimum Gasteiger partial charge on any atom is -0.326 e. The molecule has 1 fully saturated rings. The highest BCUT2D eigenvalue weighted by molar-refractivity contribution is 5.90. The summed E-state index contributed by atoms with van der Waals surface area (Å²) in [4.78, 5) is 14.0. The fraction of sp³-hybridized carbons (Fsp3) is 0.500. The highest BCUT2D eigenvalue weighted by Crippen LogP contribution is 2.09. The van der Waals surface area contributed by atoms with Crippen molar-refractivity contribution in [1.29, 1.82) is 0 Å². The number of carbonyl (C=O) groups is 1. The van der Waals surface area contributed by atoms with E-state index in [1.807, 2.05) is 0 Å². The molecule has 0 aromatic heterocycles. The normalized spacial score (nSPS) is 20.2. The van der Waals surface area contributed by atoms with E-state index in [0.29, 0.717) is 18.2 Å². The summed E-state index contributed by atoms with van der Waals surface area (Å²) in [6, 6.07) is 6.43. The lowest BCUT2D eigenvalue weighted by Crippen LogP contribution is -2.49. The zero-order chi connectivity index (χ0) is 13.7. The molecule has 1 heterocycles. The number of hydrogen-bond donors (Lipinski definition) is 2. The van der Waals surface area contributed by atoms with Crippen molar-refractivity contribution in [3.63, 3.8) is 0 Å². The number of piperazine rings is 1. The van der Waals surface area contributed by atoms with Crippen LogP contribution < -0.4 is 10.6 Å². The number of benzene rings is 1. The van der Waals surface area contributed by atoms with Gasteiger partial charge in [-0.1, -0.05) is 6.07 Å². The van der Waals surface area contributed by atoms with E-state index < -0.39 is 0 Å². The number of anilines is 1. The van der Waals surface area contributed by atoms with Crippen molar-refractivity contribution in [3.05, 3.63) is 30.1 Å². The summed E-state index contributed by atoms with van der Waals surface area (Å²) in [7, 11) is 0. The Bertz CT molecular complexity index is 438. The quantitative estimate of drug-likeness (QED) is 0.866. The minimum atomic E-state index is -0.339. The van der Waals surface area contributed by atoms with E-state index >= 15 is 0 Å². The predicted octanol–water partition coefficient (Wildman–Crippen LogP) is 1.45. The van der Waals surface area contributed by atoms with Crippen LogP contribution in [0.25, 0.3) is 0 Å². The third kappa shape index (κ3) is 4.61. The molecular formula is C14H20FN3O. The van der Waals surface area contributed by atoms with Crippen molar-refractivity contribution < 1.29 is 9.18 Å². The largest absolute Gasteiger partial charge is 0.326 e. The van der Waals surface area contributed by atoms with Gasteiger partial charge in [-0.05, 0) is 25.1 Å². The van der Waals surface area contributed by atoms with Crippen LogP contribution in [0.4, 0.5) is 10.1 Å². The van der Waals surface area contributed by atoms with Crippen LogP contribution in [0.2, 0.25) is 0 Å². The van der Waals surface area contributed by atoms with Crippen LogP contribution in [0.1, 0.15) is 13.3 Å². The zero-order valence-electron chi connectivity index (χ0n) is 11.2.